The highest BCUT2D eigenvalue weighted by atomic mass is 127. The van der Waals surface area contributed by atoms with Gasteiger partial charge in [0.05, 0.1) is 10.2 Å². The molecule has 0 heterocycles. The Morgan fingerprint density at radius 3 is 2.20 bits per heavy atom. The molecule has 0 bridgehead atoms. The van der Waals surface area contributed by atoms with Gasteiger partial charge in [-0.15, -0.1) is 0 Å². The molecule has 0 radical (unpaired) electrons. The summed E-state index contributed by atoms with van der Waals surface area (Å²) in [5.74, 6) is 1.29. The van der Waals surface area contributed by atoms with Gasteiger partial charge >= 0.3 is 0 Å². The van der Waals surface area contributed by atoms with Crippen molar-refractivity contribution in [1.29, 1.82) is 5.26 Å². The third-order valence-corrected chi connectivity index (χ3v) is 7.00. The molecule has 41 heavy (non-hydrogen) atoms. The highest BCUT2D eigenvalue weighted by molar-refractivity contribution is 14.1. The summed E-state index contributed by atoms with van der Waals surface area (Å²) in [5.41, 5.74) is 4.37. The van der Waals surface area contributed by atoms with Crippen LogP contribution in [0.25, 0.3) is 6.08 Å². The zero-order chi connectivity index (χ0) is 29.2. The Balaban J connectivity index is 1.43. The average molecular weight is 679 g/mol. The number of carbonyl (C=O) groups excluding carboxylic acids is 1. The fraction of sp³-hybridized carbons (Fsp3) is 0.152. The summed E-state index contributed by atoms with van der Waals surface area (Å²) in [7, 11) is 0. The Bertz CT molecular complexity index is 1560. The second-order valence-electron chi connectivity index (χ2n) is 9.10. The van der Waals surface area contributed by atoms with Crippen LogP contribution in [0, 0.1) is 21.8 Å². The third-order valence-electron chi connectivity index (χ3n) is 5.94. The fourth-order valence-electron chi connectivity index (χ4n) is 3.81. The highest BCUT2D eigenvalue weighted by Gasteiger charge is 2.15. The van der Waals surface area contributed by atoms with Gasteiger partial charge < -0.3 is 19.5 Å². The Morgan fingerprint density at radius 1 is 0.927 bits per heavy atom. The number of ether oxygens (including phenoxy) is 3. The van der Waals surface area contributed by atoms with E-state index >= 15 is 0 Å². The molecule has 0 atom stereocenters. The van der Waals surface area contributed by atoms with E-state index in [1.54, 1.807) is 30.3 Å². The summed E-state index contributed by atoms with van der Waals surface area (Å²) in [6.07, 6.45) is 1.54. The number of nitriles is 1. The normalized spacial score (nSPS) is 11.0. The zero-order valence-electron chi connectivity index (χ0n) is 22.6. The van der Waals surface area contributed by atoms with Crippen molar-refractivity contribution in [3.8, 4) is 23.3 Å². The van der Waals surface area contributed by atoms with Gasteiger partial charge in [-0.1, -0.05) is 53.6 Å². The maximum Gasteiger partial charge on any atom is 0.266 e. The molecule has 6 nitrogen and oxygen atoms in total. The lowest BCUT2D eigenvalue weighted by Gasteiger charge is -2.15. The van der Waals surface area contributed by atoms with Gasteiger partial charge in [0.15, 0.2) is 11.5 Å². The van der Waals surface area contributed by atoms with Crippen LogP contribution in [0.3, 0.4) is 0 Å². The maximum atomic E-state index is 12.9. The smallest absolute Gasteiger partial charge is 0.266 e. The molecular weight excluding hydrogens is 651 g/mol. The standard InChI is InChI=1S/C33H28ClIN2O4/c1-3-39-31-18-25(17-30(35)32(31)41-21-23-6-4-22(2)5-7-23)16-26(19-36)33(38)37-28-12-14-29(15-13-28)40-20-24-8-10-27(34)11-9-24/h4-18H,3,20-21H2,1-2H3,(H,37,38)/b26-16+. The number of rotatable bonds is 11. The lowest BCUT2D eigenvalue weighted by Crippen LogP contribution is -2.13. The van der Waals surface area contributed by atoms with E-state index in [2.05, 4.69) is 27.9 Å². The lowest BCUT2D eigenvalue weighted by molar-refractivity contribution is -0.112. The van der Waals surface area contributed by atoms with Gasteiger partial charge in [-0.05, 0) is 108 Å². The van der Waals surface area contributed by atoms with Crippen LogP contribution in [-0.2, 0) is 18.0 Å². The molecular formula is C33H28ClIN2O4. The van der Waals surface area contributed by atoms with E-state index in [9.17, 15) is 10.1 Å². The molecule has 0 aliphatic carbocycles. The third kappa shape index (κ3) is 8.74. The summed E-state index contributed by atoms with van der Waals surface area (Å²) >= 11 is 8.10. The van der Waals surface area contributed by atoms with Gasteiger partial charge in [0.1, 0.15) is 30.6 Å². The first kappa shape index (κ1) is 30.0. The Morgan fingerprint density at radius 2 is 1.56 bits per heavy atom. The van der Waals surface area contributed by atoms with Gasteiger partial charge in [-0.25, -0.2) is 0 Å². The summed E-state index contributed by atoms with van der Waals surface area (Å²) in [4.78, 5) is 12.9. The minimum Gasteiger partial charge on any atom is -0.490 e. The Labute approximate surface area is 258 Å². The lowest BCUT2D eigenvalue weighted by atomic mass is 10.1. The molecule has 0 aliphatic rings. The maximum absolute atomic E-state index is 12.9. The van der Waals surface area contributed by atoms with Gasteiger partial charge in [-0.2, -0.15) is 5.26 Å². The van der Waals surface area contributed by atoms with Crippen molar-refractivity contribution < 1.29 is 19.0 Å². The fourth-order valence-corrected chi connectivity index (χ4v) is 4.72. The largest absolute Gasteiger partial charge is 0.490 e. The molecule has 4 rings (SSSR count). The minimum atomic E-state index is -0.519. The van der Waals surface area contributed by atoms with Crippen molar-refractivity contribution in [3.63, 3.8) is 0 Å². The van der Waals surface area contributed by atoms with Crippen LogP contribution in [0.15, 0.2) is 90.5 Å². The molecule has 4 aromatic rings. The van der Waals surface area contributed by atoms with Crippen LogP contribution in [0.1, 0.15) is 29.2 Å². The summed E-state index contributed by atoms with van der Waals surface area (Å²) in [5, 5.41) is 13.2. The predicted molar refractivity (Wildman–Crippen MR) is 170 cm³/mol. The monoisotopic (exact) mass is 678 g/mol. The van der Waals surface area contributed by atoms with Crippen molar-refractivity contribution in [2.24, 2.45) is 0 Å². The van der Waals surface area contributed by atoms with E-state index in [0.29, 0.717) is 53.3 Å². The molecule has 4 aromatic carbocycles. The van der Waals surface area contributed by atoms with Crippen LogP contribution in [-0.4, -0.2) is 12.5 Å². The molecule has 0 spiro atoms. The number of nitrogens with zero attached hydrogens (tertiary/aromatic N) is 1. The summed E-state index contributed by atoms with van der Waals surface area (Å²) in [6, 6.07) is 28.1. The molecule has 208 valence electrons. The Kier molecular flexibility index (Phi) is 10.7. The second kappa shape index (κ2) is 14.6. The van der Waals surface area contributed by atoms with E-state index < -0.39 is 5.91 Å². The number of amides is 1. The molecule has 1 N–H and O–H groups in total. The summed E-state index contributed by atoms with van der Waals surface area (Å²) < 4.78 is 18.5. The number of aryl methyl sites for hydroxylation is 1. The molecule has 0 saturated heterocycles. The van der Waals surface area contributed by atoms with Crippen LogP contribution >= 0.6 is 34.2 Å². The molecule has 0 unspecified atom stereocenters. The van der Waals surface area contributed by atoms with E-state index in [-0.39, 0.29) is 5.57 Å². The molecule has 0 aromatic heterocycles. The number of anilines is 1. The molecule has 8 heteroatoms. The van der Waals surface area contributed by atoms with Crippen molar-refractivity contribution in [1.82, 2.24) is 0 Å². The molecule has 0 aliphatic heterocycles. The van der Waals surface area contributed by atoms with Crippen molar-refractivity contribution in [2.75, 3.05) is 11.9 Å². The van der Waals surface area contributed by atoms with Gasteiger partial charge in [-0.3, -0.25) is 4.79 Å². The average Bonchev–Trinajstić information content (AvgIpc) is 2.97. The van der Waals surface area contributed by atoms with E-state index in [0.717, 1.165) is 14.7 Å². The number of halogens is 2. The minimum absolute atomic E-state index is 0.0420. The van der Waals surface area contributed by atoms with Crippen LogP contribution in [0.5, 0.6) is 17.2 Å². The zero-order valence-corrected chi connectivity index (χ0v) is 25.5. The van der Waals surface area contributed by atoms with E-state index in [1.165, 1.54) is 11.6 Å². The Hall–Kier alpha value is -4.00. The SMILES string of the molecule is CCOc1cc(/C=C(\C#N)C(=O)Nc2ccc(OCc3ccc(Cl)cc3)cc2)cc(I)c1OCc1ccc(C)cc1. The summed E-state index contributed by atoms with van der Waals surface area (Å²) in [6.45, 7) is 5.15. The van der Waals surface area contributed by atoms with E-state index in [4.69, 9.17) is 25.8 Å². The van der Waals surface area contributed by atoms with Gasteiger partial charge in [0, 0.05) is 10.7 Å². The van der Waals surface area contributed by atoms with Crippen LogP contribution < -0.4 is 19.5 Å². The number of nitrogens with one attached hydrogen (secondary N) is 1. The van der Waals surface area contributed by atoms with Crippen LogP contribution in [0.2, 0.25) is 5.02 Å². The molecule has 0 fully saturated rings. The number of carbonyl (C=O) groups is 1. The first-order valence-corrected chi connectivity index (χ1v) is 14.4. The first-order valence-electron chi connectivity index (χ1n) is 12.9. The second-order valence-corrected chi connectivity index (χ2v) is 10.7. The first-order chi connectivity index (χ1) is 19.8. The highest BCUT2D eigenvalue weighted by Crippen LogP contribution is 2.35. The quantitative estimate of drug-likeness (QED) is 0.0980. The van der Waals surface area contributed by atoms with Crippen molar-refractivity contribution in [2.45, 2.75) is 27.1 Å². The van der Waals surface area contributed by atoms with Crippen molar-refractivity contribution in [3.05, 3.63) is 121 Å². The van der Waals surface area contributed by atoms with Crippen LogP contribution in [0.4, 0.5) is 5.69 Å². The molecule has 1 amide bonds. The predicted octanol–water partition coefficient (Wildman–Crippen LogP) is 8.36. The van der Waals surface area contributed by atoms with E-state index in [1.807, 2.05) is 74.5 Å². The van der Waals surface area contributed by atoms with Gasteiger partial charge in [0.25, 0.3) is 5.91 Å². The number of benzene rings is 4. The molecule has 0 saturated carbocycles. The number of hydrogen-bond acceptors (Lipinski definition) is 5. The topological polar surface area (TPSA) is 80.6 Å². The van der Waals surface area contributed by atoms with Crippen molar-refractivity contribution >= 4 is 51.9 Å². The number of hydrogen-bond donors (Lipinski definition) is 1. The van der Waals surface area contributed by atoms with Gasteiger partial charge in [0.2, 0.25) is 0 Å².